The van der Waals surface area contributed by atoms with Gasteiger partial charge in [0.2, 0.25) is 5.91 Å². The molecule has 1 aromatic carbocycles. The zero-order valence-electron chi connectivity index (χ0n) is 11.6. The second kappa shape index (κ2) is 6.78. The maximum absolute atomic E-state index is 11.1. The number of primary amides is 1. The Morgan fingerprint density at radius 2 is 2.00 bits per heavy atom. The summed E-state index contributed by atoms with van der Waals surface area (Å²) < 4.78 is 0. The molecule has 1 saturated heterocycles. The molecule has 1 aromatic rings. The molecule has 1 fully saturated rings. The van der Waals surface area contributed by atoms with E-state index in [1.165, 1.54) is 0 Å². The summed E-state index contributed by atoms with van der Waals surface area (Å²) in [6, 6.07) is 5.01. The van der Waals surface area contributed by atoms with Crippen molar-refractivity contribution in [2.24, 2.45) is 5.73 Å². The highest BCUT2D eigenvalue weighted by atomic mass is 35.5. The molecule has 114 valence electrons. The summed E-state index contributed by atoms with van der Waals surface area (Å²) in [5.41, 5.74) is 6.45. The molecule has 0 bridgehead atoms. The number of anilines is 1. The van der Waals surface area contributed by atoms with Crippen LogP contribution < -0.4 is 10.6 Å². The quantitative estimate of drug-likeness (QED) is 0.867. The highest BCUT2D eigenvalue weighted by molar-refractivity contribution is 6.33. The molecule has 0 unspecified atom stereocenters. The summed E-state index contributed by atoms with van der Waals surface area (Å²) in [6.45, 7) is 2.97. The van der Waals surface area contributed by atoms with Crippen molar-refractivity contribution in [3.8, 4) is 0 Å². The van der Waals surface area contributed by atoms with Gasteiger partial charge in [-0.3, -0.25) is 14.5 Å². The Kier molecular flexibility index (Phi) is 5.03. The van der Waals surface area contributed by atoms with Gasteiger partial charge < -0.3 is 15.7 Å². The number of nitrogens with two attached hydrogens (primary N) is 1. The van der Waals surface area contributed by atoms with Crippen molar-refractivity contribution in [3.63, 3.8) is 0 Å². The van der Waals surface area contributed by atoms with Crippen molar-refractivity contribution >= 4 is 29.2 Å². The average molecular weight is 312 g/mol. The van der Waals surface area contributed by atoms with Gasteiger partial charge in [0.25, 0.3) is 0 Å². The third kappa shape index (κ3) is 4.09. The third-order valence-corrected chi connectivity index (χ3v) is 3.82. The predicted octanol–water partition coefficient (Wildman–Crippen LogP) is 1.04. The molecular weight excluding hydrogens is 294 g/mol. The van der Waals surface area contributed by atoms with Crippen molar-refractivity contribution in [1.82, 2.24) is 4.90 Å². The molecule has 0 aliphatic carbocycles. The lowest BCUT2D eigenvalue weighted by Gasteiger charge is -2.24. The van der Waals surface area contributed by atoms with Crippen LogP contribution in [0.5, 0.6) is 0 Å². The second-order valence-corrected chi connectivity index (χ2v) is 5.45. The number of aliphatic carboxylic acids is 1. The Morgan fingerprint density at radius 1 is 1.24 bits per heavy atom. The second-order valence-electron chi connectivity index (χ2n) is 5.04. The average Bonchev–Trinajstić information content (AvgIpc) is 2.63. The number of carboxylic acids is 1. The predicted molar refractivity (Wildman–Crippen MR) is 80.9 cm³/mol. The SMILES string of the molecule is NC(=O)c1ccc(N2CCCN(CC(=O)O)CC2)c(Cl)c1. The summed E-state index contributed by atoms with van der Waals surface area (Å²) in [5, 5.41) is 9.33. The van der Waals surface area contributed by atoms with Crippen LogP contribution >= 0.6 is 11.6 Å². The van der Waals surface area contributed by atoms with Gasteiger partial charge in [-0.2, -0.15) is 0 Å². The van der Waals surface area contributed by atoms with E-state index in [0.717, 1.165) is 25.2 Å². The first-order valence-electron chi connectivity index (χ1n) is 6.76. The number of rotatable bonds is 4. The number of hydrogen-bond acceptors (Lipinski definition) is 4. The Hall–Kier alpha value is -1.79. The van der Waals surface area contributed by atoms with E-state index in [1.54, 1.807) is 18.2 Å². The molecule has 21 heavy (non-hydrogen) atoms. The minimum absolute atomic E-state index is 0.0577. The lowest BCUT2D eigenvalue weighted by atomic mass is 10.2. The largest absolute Gasteiger partial charge is 0.480 e. The van der Waals surface area contributed by atoms with Crippen LogP contribution in [-0.2, 0) is 4.79 Å². The maximum atomic E-state index is 11.1. The molecular formula is C14H18ClN3O3. The van der Waals surface area contributed by atoms with Gasteiger partial charge in [-0.15, -0.1) is 0 Å². The fourth-order valence-corrected chi connectivity index (χ4v) is 2.78. The number of benzene rings is 1. The molecule has 1 heterocycles. The van der Waals surface area contributed by atoms with E-state index in [2.05, 4.69) is 4.90 Å². The van der Waals surface area contributed by atoms with Crippen LogP contribution in [0.4, 0.5) is 5.69 Å². The summed E-state index contributed by atoms with van der Waals surface area (Å²) in [6.07, 6.45) is 0.862. The van der Waals surface area contributed by atoms with E-state index in [-0.39, 0.29) is 6.54 Å². The molecule has 0 spiro atoms. The molecule has 1 aliphatic heterocycles. The van der Waals surface area contributed by atoms with E-state index in [0.29, 0.717) is 23.7 Å². The fourth-order valence-electron chi connectivity index (χ4n) is 2.48. The van der Waals surface area contributed by atoms with Crippen molar-refractivity contribution in [3.05, 3.63) is 28.8 Å². The number of carbonyl (C=O) groups excluding carboxylic acids is 1. The fraction of sp³-hybridized carbons (Fsp3) is 0.429. The number of nitrogens with zero attached hydrogens (tertiary/aromatic N) is 2. The number of halogens is 1. The third-order valence-electron chi connectivity index (χ3n) is 3.52. The summed E-state index contributed by atoms with van der Waals surface area (Å²) in [4.78, 5) is 25.9. The van der Waals surface area contributed by atoms with Gasteiger partial charge in [0.15, 0.2) is 0 Å². The van der Waals surface area contributed by atoms with Gasteiger partial charge in [-0.25, -0.2) is 0 Å². The van der Waals surface area contributed by atoms with E-state index < -0.39 is 11.9 Å². The van der Waals surface area contributed by atoms with Gasteiger partial charge in [0.1, 0.15) is 0 Å². The number of carboxylic acid groups (broad SMARTS) is 1. The van der Waals surface area contributed by atoms with Gasteiger partial charge in [-0.05, 0) is 24.6 Å². The Bertz CT molecular complexity index is 550. The molecule has 2 rings (SSSR count). The normalized spacial score (nSPS) is 16.5. The highest BCUT2D eigenvalue weighted by Gasteiger charge is 2.19. The highest BCUT2D eigenvalue weighted by Crippen LogP contribution is 2.27. The number of amides is 1. The Morgan fingerprint density at radius 3 is 2.62 bits per heavy atom. The van der Waals surface area contributed by atoms with Gasteiger partial charge in [-0.1, -0.05) is 11.6 Å². The molecule has 3 N–H and O–H groups in total. The standard InChI is InChI=1S/C14H18ClN3O3/c15-11-8-10(14(16)21)2-3-12(11)18-5-1-4-17(6-7-18)9-13(19)20/h2-3,8H,1,4-7,9H2,(H2,16,21)(H,19,20). The molecule has 0 aromatic heterocycles. The molecule has 0 atom stereocenters. The van der Waals surface area contributed by atoms with Gasteiger partial charge >= 0.3 is 5.97 Å². The van der Waals surface area contributed by atoms with Gasteiger partial charge in [0.05, 0.1) is 17.3 Å². The van der Waals surface area contributed by atoms with Crippen molar-refractivity contribution in [2.45, 2.75) is 6.42 Å². The van der Waals surface area contributed by atoms with Crippen molar-refractivity contribution in [2.75, 3.05) is 37.6 Å². The lowest BCUT2D eigenvalue weighted by Crippen LogP contribution is -2.34. The molecule has 6 nitrogen and oxygen atoms in total. The molecule has 1 aliphatic rings. The lowest BCUT2D eigenvalue weighted by molar-refractivity contribution is -0.138. The Balaban J connectivity index is 2.08. The zero-order valence-corrected chi connectivity index (χ0v) is 12.3. The monoisotopic (exact) mass is 311 g/mol. The van der Waals surface area contributed by atoms with Crippen LogP contribution in [-0.4, -0.2) is 54.6 Å². The van der Waals surface area contributed by atoms with E-state index in [9.17, 15) is 9.59 Å². The summed E-state index contributed by atoms with van der Waals surface area (Å²) >= 11 is 6.22. The first-order valence-corrected chi connectivity index (χ1v) is 7.13. The van der Waals surface area contributed by atoms with E-state index in [4.69, 9.17) is 22.4 Å². The van der Waals surface area contributed by atoms with Crippen molar-refractivity contribution < 1.29 is 14.7 Å². The van der Waals surface area contributed by atoms with E-state index in [1.807, 2.05) is 4.90 Å². The van der Waals surface area contributed by atoms with Crippen LogP contribution in [0.15, 0.2) is 18.2 Å². The van der Waals surface area contributed by atoms with Crippen LogP contribution in [0.1, 0.15) is 16.8 Å². The summed E-state index contributed by atoms with van der Waals surface area (Å²) in [7, 11) is 0. The molecule has 7 heteroatoms. The van der Waals surface area contributed by atoms with Crippen molar-refractivity contribution in [1.29, 1.82) is 0 Å². The van der Waals surface area contributed by atoms with Crippen LogP contribution in [0.2, 0.25) is 5.02 Å². The first kappa shape index (κ1) is 15.6. The minimum atomic E-state index is -0.813. The Labute approximate surface area is 128 Å². The first-order chi connectivity index (χ1) is 9.97. The number of carbonyl (C=O) groups is 2. The topological polar surface area (TPSA) is 86.9 Å². The molecule has 1 amide bonds. The molecule has 0 saturated carbocycles. The minimum Gasteiger partial charge on any atom is -0.480 e. The van der Waals surface area contributed by atoms with Gasteiger partial charge in [0, 0.05) is 31.7 Å². The number of hydrogen-bond donors (Lipinski definition) is 2. The van der Waals surface area contributed by atoms with E-state index >= 15 is 0 Å². The summed E-state index contributed by atoms with van der Waals surface area (Å²) in [5.74, 6) is -1.32. The van der Waals surface area contributed by atoms with Crippen LogP contribution in [0.3, 0.4) is 0 Å². The molecule has 0 radical (unpaired) electrons. The maximum Gasteiger partial charge on any atom is 0.317 e. The smallest absolute Gasteiger partial charge is 0.317 e. The zero-order chi connectivity index (χ0) is 15.4. The van der Waals surface area contributed by atoms with Crippen LogP contribution in [0, 0.1) is 0 Å². The van der Waals surface area contributed by atoms with Crippen LogP contribution in [0.25, 0.3) is 0 Å².